The lowest BCUT2D eigenvalue weighted by atomic mass is 9.68. The maximum atomic E-state index is 14.2. The highest BCUT2D eigenvalue weighted by Crippen LogP contribution is 2.44. The maximum absolute atomic E-state index is 14.2. The van der Waals surface area contributed by atoms with Crippen LogP contribution >= 0.6 is 0 Å². The van der Waals surface area contributed by atoms with E-state index in [9.17, 15) is 13.2 Å². The van der Waals surface area contributed by atoms with Gasteiger partial charge in [0.25, 0.3) is 0 Å². The molecule has 1 aromatic carbocycles. The lowest BCUT2D eigenvalue weighted by molar-refractivity contribution is 0.156. The molecule has 0 aromatic heterocycles. The Balaban J connectivity index is 1.56. The lowest BCUT2D eigenvalue weighted by Gasteiger charge is -2.38. The van der Waals surface area contributed by atoms with Crippen molar-refractivity contribution in [1.82, 2.24) is 0 Å². The van der Waals surface area contributed by atoms with Crippen LogP contribution in [0.15, 0.2) is 24.5 Å². The molecule has 2 aliphatic rings. The van der Waals surface area contributed by atoms with Gasteiger partial charge in [-0.05, 0) is 79.9 Å². The highest BCUT2D eigenvalue weighted by Gasteiger charge is 2.31. The van der Waals surface area contributed by atoms with Crippen LogP contribution in [0.4, 0.5) is 13.2 Å². The van der Waals surface area contributed by atoms with Crippen LogP contribution in [0.25, 0.3) is 0 Å². The minimum Gasteiger partial charge on any atom is -0.212 e. The SMILES string of the molecule is C=C(F)Cc1c(F)cc(C2CCC(C3CCC(CCC)CC3)CC2)cc1F. The Morgan fingerprint density at radius 1 is 0.926 bits per heavy atom. The van der Waals surface area contributed by atoms with Gasteiger partial charge in [-0.1, -0.05) is 39.2 Å². The zero-order valence-electron chi connectivity index (χ0n) is 16.6. The van der Waals surface area contributed by atoms with E-state index in [1.54, 1.807) is 0 Å². The van der Waals surface area contributed by atoms with E-state index in [-0.39, 0.29) is 17.9 Å². The van der Waals surface area contributed by atoms with E-state index >= 15 is 0 Å². The second kappa shape index (κ2) is 9.30. The van der Waals surface area contributed by atoms with Gasteiger partial charge in [0.15, 0.2) is 0 Å². The van der Waals surface area contributed by atoms with Crippen LogP contribution < -0.4 is 0 Å². The molecule has 0 amide bonds. The monoisotopic (exact) mass is 378 g/mol. The molecule has 0 radical (unpaired) electrons. The van der Waals surface area contributed by atoms with Gasteiger partial charge in [0, 0.05) is 12.0 Å². The van der Waals surface area contributed by atoms with Crippen molar-refractivity contribution < 1.29 is 13.2 Å². The second-order valence-electron chi connectivity index (χ2n) is 8.84. The molecule has 0 nitrogen and oxygen atoms in total. The molecule has 0 spiro atoms. The van der Waals surface area contributed by atoms with E-state index in [1.165, 1.54) is 63.5 Å². The van der Waals surface area contributed by atoms with Crippen LogP contribution in [0.1, 0.15) is 88.2 Å². The Labute approximate surface area is 162 Å². The first-order valence-electron chi connectivity index (χ1n) is 10.8. The molecule has 0 saturated heterocycles. The molecule has 3 heteroatoms. The summed E-state index contributed by atoms with van der Waals surface area (Å²) in [5.41, 5.74) is 0.534. The highest BCUT2D eigenvalue weighted by molar-refractivity contribution is 5.30. The quantitative estimate of drug-likeness (QED) is 0.472. The summed E-state index contributed by atoms with van der Waals surface area (Å²) in [4.78, 5) is 0. The second-order valence-corrected chi connectivity index (χ2v) is 8.84. The van der Waals surface area contributed by atoms with Crippen LogP contribution in [0.3, 0.4) is 0 Å². The van der Waals surface area contributed by atoms with Crippen molar-refractivity contribution in [2.75, 3.05) is 0 Å². The summed E-state index contributed by atoms with van der Waals surface area (Å²) in [5.74, 6) is 0.810. The Bertz CT molecular complexity index is 612. The van der Waals surface area contributed by atoms with Gasteiger partial charge in [0.05, 0.1) is 5.83 Å². The van der Waals surface area contributed by atoms with E-state index < -0.39 is 17.5 Å². The molecule has 0 aliphatic heterocycles. The Hall–Kier alpha value is -1.25. The van der Waals surface area contributed by atoms with Crippen molar-refractivity contribution in [3.8, 4) is 0 Å². The summed E-state index contributed by atoms with van der Waals surface area (Å²) in [6, 6.07) is 2.84. The first-order valence-corrected chi connectivity index (χ1v) is 10.8. The molecule has 2 aliphatic carbocycles. The van der Waals surface area contributed by atoms with E-state index in [0.717, 1.165) is 36.2 Å². The zero-order chi connectivity index (χ0) is 19.4. The zero-order valence-corrected chi connectivity index (χ0v) is 16.6. The topological polar surface area (TPSA) is 0 Å². The third-order valence-corrected chi connectivity index (χ3v) is 7.03. The average Bonchev–Trinajstić information content (AvgIpc) is 2.65. The van der Waals surface area contributed by atoms with E-state index in [4.69, 9.17) is 0 Å². The number of allylic oxidation sites excluding steroid dienone is 1. The summed E-state index contributed by atoms with van der Waals surface area (Å²) >= 11 is 0. The van der Waals surface area contributed by atoms with E-state index in [0.29, 0.717) is 0 Å². The minimum atomic E-state index is -0.713. The molecular formula is C24H33F3. The molecule has 0 atom stereocenters. The number of rotatable bonds is 6. The average molecular weight is 379 g/mol. The fourth-order valence-corrected chi connectivity index (χ4v) is 5.50. The van der Waals surface area contributed by atoms with Crippen LogP contribution in [0.2, 0.25) is 0 Å². The van der Waals surface area contributed by atoms with Crippen molar-refractivity contribution in [2.24, 2.45) is 17.8 Å². The molecule has 27 heavy (non-hydrogen) atoms. The molecule has 0 unspecified atom stereocenters. The molecule has 2 saturated carbocycles. The molecular weight excluding hydrogens is 345 g/mol. The molecule has 3 rings (SSSR count). The first-order chi connectivity index (χ1) is 13.0. The fraction of sp³-hybridized carbons (Fsp3) is 0.667. The molecule has 0 N–H and O–H groups in total. The van der Waals surface area contributed by atoms with Crippen LogP contribution in [-0.4, -0.2) is 0 Å². The number of halogens is 3. The van der Waals surface area contributed by atoms with Crippen molar-refractivity contribution in [2.45, 2.75) is 83.5 Å². The van der Waals surface area contributed by atoms with Gasteiger partial charge in [-0.15, -0.1) is 0 Å². The fourth-order valence-electron chi connectivity index (χ4n) is 5.50. The standard InChI is InChI=1S/C24H33F3/c1-3-4-17-5-7-18(8-6-17)19-9-11-20(12-10-19)21-14-23(26)22(13-16(2)25)24(27)15-21/h14-15,17-20H,2-13H2,1H3. The van der Waals surface area contributed by atoms with Gasteiger partial charge < -0.3 is 0 Å². The Kier molecular flexibility index (Phi) is 7.05. The Morgan fingerprint density at radius 2 is 1.44 bits per heavy atom. The van der Waals surface area contributed by atoms with Crippen molar-refractivity contribution in [3.05, 3.63) is 47.3 Å². The molecule has 1 aromatic rings. The smallest absolute Gasteiger partial charge is 0.130 e. The molecule has 2 fully saturated rings. The lowest BCUT2D eigenvalue weighted by Crippen LogP contribution is -2.25. The predicted molar refractivity (Wildman–Crippen MR) is 105 cm³/mol. The first kappa shape index (κ1) is 20.5. The summed E-state index contributed by atoms with van der Waals surface area (Å²) in [5, 5.41) is 0. The number of hydrogen-bond acceptors (Lipinski definition) is 0. The summed E-state index contributed by atoms with van der Waals surface area (Å²) < 4.78 is 41.5. The van der Waals surface area contributed by atoms with Crippen LogP contribution in [0, 0.1) is 29.4 Å². The summed E-state index contributed by atoms with van der Waals surface area (Å²) in [7, 11) is 0. The minimum absolute atomic E-state index is 0.205. The van der Waals surface area contributed by atoms with Gasteiger partial charge in [-0.25, -0.2) is 13.2 Å². The van der Waals surface area contributed by atoms with Crippen molar-refractivity contribution >= 4 is 0 Å². The Morgan fingerprint density at radius 3 is 1.93 bits per heavy atom. The van der Waals surface area contributed by atoms with Crippen molar-refractivity contribution in [1.29, 1.82) is 0 Å². The summed E-state index contributed by atoms with van der Waals surface area (Å²) in [6.07, 6.45) is 12.1. The van der Waals surface area contributed by atoms with Gasteiger partial charge in [0.1, 0.15) is 11.6 Å². The number of hydrogen-bond donors (Lipinski definition) is 0. The van der Waals surface area contributed by atoms with Crippen LogP contribution in [-0.2, 0) is 6.42 Å². The van der Waals surface area contributed by atoms with Gasteiger partial charge in [-0.3, -0.25) is 0 Å². The van der Waals surface area contributed by atoms with E-state index in [1.807, 2.05) is 0 Å². The van der Waals surface area contributed by atoms with Gasteiger partial charge in [0.2, 0.25) is 0 Å². The summed E-state index contributed by atoms with van der Waals surface area (Å²) in [6.45, 7) is 5.39. The highest BCUT2D eigenvalue weighted by atomic mass is 19.1. The van der Waals surface area contributed by atoms with E-state index in [2.05, 4.69) is 13.5 Å². The predicted octanol–water partition coefficient (Wildman–Crippen LogP) is 7.87. The maximum Gasteiger partial charge on any atom is 0.130 e. The normalized spacial score (nSPS) is 28.9. The van der Waals surface area contributed by atoms with Gasteiger partial charge in [-0.2, -0.15) is 0 Å². The largest absolute Gasteiger partial charge is 0.212 e. The molecule has 150 valence electrons. The third kappa shape index (κ3) is 5.18. The van der Waals surface area contributed by atoms with Crippen molar-refractivity contribution in [3.63, 3.8) is 0 Å². The number of benzene rings is 1. The molecule has 0 bridgehead atoms. The van der Waals surface area contributed by atoms with Gasteiger partial charge >= 0.3 is 0 Å². The third-order valence-electron chi connectivity index (χ3n) is 7.03. The van der Waals surface area contributed by atoms with Crippen LogP contribution in [0.5, 0.6) is 0 Å². The molecule has 0 heterocycles.